The lowest BCUT2D eigenvalue weighted by Gasteiger charge is -2.28. The van der Waals surface area contributed by atoms with Crippen molar-refractivity contribution in [1.82, 2.24) is 15.2 Å². The molecule has 0 spiro atoms. The third-order valence-corrected chi connectivity index (χ3v) is 12.7. The van der Waals surface area contributed by atoms with E-state index in [1.54, 1.807) is 18.2 Å². The summed E-state index contributed by atoms with van der Waals surface area (Å²) >= 11 is 0. The molecule has 0 fully saturated rings. The van der Waals surface area contributed by atoms with Crippen molar-refractivity contribution in [1.29, 1.82) is 0 Å². The zero-order chi connectivity index (χ0) is 48.0. The highest BCUT2D eigenvalue weighted by atomic mass is 32.2. The number of fused-ring (bicyclic) bond motifs is 2. The Balaban J connectivity index is 1.27. The average molecular weight is 914 g/mol. The van der Waals surface area contributed by atoms with Crippen molar-refractivity contribution >= 4 is 50.1 Å². The second-order valence-corrected chi connectivity index (χ2v) is 18.9. The van der Waals surface area contributed by atoms with E-state index in [0.717, 1.165) is 44.4 Å². The molecule has 0 bridgehead atoms. The quantitative estimate of drug-likeness (QED) is 0.0462. The molecule has 0 atom stereocenters. The zero-order valence-electron chi connectivity index (χ0n) is 39.2. The van der Waals surface area contributed by atoms with Crippen LogP contribution in [0.3, 0.4) is 0 Å². The minimum Gasteiger partial charge on any atom is -0.456 e. The molecule has 0 saturated carbocycles. The maximum Gasteiger partial charge on any atom is 0.408 e. The molecule has 0 radical (unpaired) electrons. The highest BCUT2D eigenvalue weighted by Gasteiger charge is 2.27. The van der Waals surface area contributed by atoms with Gasteiger partial charge in [0.2, 0.25) is 5.36 Å². The summed E-state index contributed by atoms with van der Waals surface area (Å²) in [5.74, 6) is 0.465. The Kier molecular flexibility index (Phi) is 14.9. The number of hydrogen-bond acceptors (Lipinski definition) is 8. The molecular formula is C53H61N4O8S+. The van der Waals surface area contributed by atoms with Crippen molar-refractivity contribution < 1.29 is 36.5 Å². The summed E-state index contributed by atoms with van der Waals surface area (Å²) in [5, 5.41) is 7.38. The predicted molar refractivity (Wildman–Crippen MR) is 264 cm³/mol. The average Bonchev–Trinajstić information content (AvgIpc) is 3.27. The summed E-state index contributed by atoms with van der Waals surface area (Å²) in [6.45, 7) is 25.7. The van der Waals surface area contributed by atoms with E-state index in [1.165, 1.54) is 6.07 Å². The number of nitrogens with one attached hydrogen (secondary N) is 2. The molecule has 4 aromatic rings. The fourth-order valence-electron chi connectivity index (χ4n) is 7.96. The Labute approximate surface area is 388 Å². The molecule has 13 heteroatoms. The topological polar surface area (TPSA) is 150 Å². The minimum absolute atomic E-state index is 0.101. The Bertz CT molecular complexity index is 2950. The molecule has 0 unspecified atom stereocenters. The highest BCUT2D eigenvalue weighted by Crippen LogP contribution is 2.43. The lowest BCUT2D eigenvalue weighted by Crippen LogP contribution is -2.42. The predicted octanol–water partition coefficient (Wildman–Crippen LogP) is 10.5. The van der Waals surface area contributed by atoms with E-state index < -0.39 is 33.4 Å². The molecule has 1 aliphatic carbocycles. The molecule has 66 heavy (non-hydrogen) atoms. The van der Waals surface area contributed by atoms with Gasteiger partial charge in [0, 0.05) is 46.4 Å². The summed E-state index contributed by atoms with van der Waals surface area (Å²) in [7, 11) is -4.62. The minimum atomic E-state index is -4.62. The Hall–Kier alpha value is -6.70. The van der Waals surface area contributed by atoms with Crippen LogP contribution in [-0.2, 0) is 30.7 Å². The number of rotatable bonds is 17. The fraction of sp³-hybridized carbons (Fsp3) is 0.302. The molecule has 4 aromatic carbocycles. The number of anilines is 1. The Morgan fingerprint density at radius 3 is 1.89 bits per heavy atom. The number of likely N-dealkylation sites (N-methyl/N-ethyl adjacent to an activating group) is 2. The number of hydrogen-bond donors (Lipinski definition) is 3. The summed E-state index contributed by atoms with van der Waals surface area (Å²) < 4.78 is 56.0. The van der Waals surface area contributed by atoms with Gasteiger partial charge >= 0.3 is 12.2 Å². The molecule has 2 amide bonds. The van der Waals surface area contributed by atoms with E-state index in [1.807, 2.05) is 150 Å². The molecule has 0 aromatic heterocycles. The maximum atomic E-state index is 13.1. The Morgan fingerprint density at radius 2 is 1.33 bits per heavy atom. The van der Waals surface area contributed by atoms with Gasteiger partial charge in [-0.1, -0.05) is 78.9 Å². The van der Waals surface area contributed by atoms with Crippen LogP contribution >= 0.6 is 0 Å². The molecule has 346 valence electrons. The molecule has 2 aliphatic rings. The van der Waals surface area contributed by atoms with Crippen LogP contribution in [0.25, 0.3) is 44.6 Å². The van der Waals surface area contributed by atoms with Crippen LogP contribution < -0.4 is 25.5 Å². The number of carbonyl (C=O) groups excluding carboxylic acids is 2. The SMILES string of the molecule is C=C(C)c1cccc(C(C)(C)NC(=O)OCCN(CC)c2ccc3c(-c4ccccc4S(=O)(=O)O)c4cc/c(=[N+](/CC)CCOC(=O)NC(C)(C)c5cccc(C(=C)C)c5)cc-4oc3c2)c1. The van der Waals surface area contributed by atoms with Gasteiger partial charge in [0.1, 0.15) is 29.4 Å². The van der Waals surface area contributed by atoms with Crippen molar-refractivity contribution in [3.8, 4) is 22.5 Å². The van der Waals surface area contributed by atoms with Gasteiger partial charge in [0.15, 0.2) is 13.2 Å². The van der Waals surface area contributed by atoms with Crippen molar-refractivity contribution in [3.05, 3.63) is 150 Å². The van der Waals surface area contributed by atoms with E-state index in [4.69, 9.17) is 13.9 Å². The first-order valence-electron chi connectivity index (χ1n) is 22.1. The number of alkyl carbamates (subject to hydrolysis) is 2. The van der Waals surface area contributed by atoms with Gasteiger partial charge in [0.25, 0.3) is 10.1 Å². The van der Waals surface area contributed by atoms with Gasteiger partial charge in [-0.15, -0.1) is 0 Å². The van der Waals surface area contributed by atoms with E-state index in [2.05, 4.69) is 23.8 Å². The van der Waals surface area contributed by atoms with E-state index in [-0.39, 0.29) is 18.1 Å². The summed E-state index contributed by atoms with van der Waals surface area (Å²) in [5.41, 5.74) is 7.05. The van der Waals surface area contributed by atoms with Crippen molar-refractivity contribution in [2.45, 2.75) is 71.4 Å². The van der Waals surface area contributed by atoms with Gasteiger partial charge < -0.3 is 29.4 Å². The van der Waals surface area contributed by atoms with Crippen LogP contribution in [0.15, 0.2) is 132 Å². The number of nitrogens with zero attached hydrogens (tertiary/aromatic N) is 2. The standard InChI is InChI=1S/C53H60N4O8S/c1-11-56(27-29-63-50(58)54-52(7,8)39-19-15-17-37(31-39)35(3)4)41-23-25-43-46(33-41)65-47-34-42(24-26-44(47)49(43)45-21-13-14-22-48(45)66(60,61)62)57(12-2)28-30-64-51(59)55-53(9,10)40-20-16-18-38(32-40)36(5)6/h13-26,31-34H,3,5,11-12,27-30H2,1-2,4,6-10H3,(H2-,54,55,58,59,60,61,62)/p+1. The van der Waals surface area contributed by atoms with Crippen LogP contribution in [0, 0.1) is 0 Å². The maximum absolute atomic E-state index is 13.1. The van der Waals surface area contributed by atoms with Gasteiger partial charge in [-0.25, -0.2) is 14.2 Å². The number of benzene rings is 5. The van der Waals surface area contributed by atoms with Crippen molar-refractivity contribution in [2.75, 3.05) is 44.3 Å². The van der Waals surface area contributed by atoms with E-state index in [9.17, 15) is 22.6 Å². The van der Waals surface area contributed by atoms with E-state index in [0.29, 0.717) is 59.6 Å². The molecule has 3 N–H and O–H groups in total. The normalized spacial score (nSPS) is 12.4. The molecule has 6 rings (SSSR count). The van der Waals surface area contributed by atoms with Crippen molar-refractivity contribution in [3.63, 3.8) is 0 Å². The van der Waals surface area contributed by atoms with Gasteiger partial charge in [-0.05, 0) is 114 Å². The first-order chi connectivity index (χ1) is 31.2. The van der Waals surface area contributed by atoms with Crippen molar-refractivity contribution in [2.24, 2.45) is 0 Å². The van der Waals surface area contributed by atoms with Gasteiger partial charge in [-0.3, -0.25) is 4.55 Å². The zero-order valence-corrected chi connectivity index (χ0v) is 40.0. The summed E-state index contributed by atoms with van der Waals surface area (Å²) in [4.78, 5) is 27.9. The summed E-state index contributed by atoms with van der Waals surface area (Å²) in [6, 6.07) is 33.4. The number of carbonyl (C=O) groups is 2. The second-order valence-electron chi connectivity index (χ2n) is 17.5. The molecule has 12 nitrogen and oxygen atoms in total. The smallest absolute Gasteiger partial charge is 0.408 e. The monoisotopic (exact) mass is 913 g/mol. The molecular weight excluding hydrogens is 853 g/mol. The third-order valence-electron chi connectivity index (χ3n) is 11.8. The van der Waals surface area contributed by atoms with Crippen LogP contribution in [-0.4, -0.2) is 64.5 Å². The van der Waals surface area contributed by atoms with Crippen LogP contribution in [0.4, 0.5) is 15.3 Å². The van der Waals surface area contributed by atoms with Crippen LogP contribution in [0.1, 0.15) is 77.6 Å². The van der Waals surface area contributed by atoms with Gasteiger partial charge in [-0.2, -0.15) is 8.42 Å². The fourth-order valence-corrected chi connectivity index (χ4v) is 8.66. The Morgan fingerprint density at radius 1 is 0.742 bits per heavy atom. The van der Waals surface area contributed by atoms with Crippen LogP contribution in [0.5, 0.6) is 0 Å². The van der Waals surface area contributed by atoms with Crippen LogP contribution in [0.2, 0.25) is 0 Å². The molecule has 1 aliphatic heterocycles. The lowest BCUT2D eigenvalue weighted by atomic mass is 9.92. The first-order valence-corrected chi connectivity index (χ1v) is 23.5. The first kappa shape index (κ1) is 48.7. The number of amides is 2. The second kappa shape index (κ2) is 20.2. The summed E-state index contributed by atoms with van der Waals surface area (Å²) in [6.07, 6.45) is -1.09. The molecule has 1 heterocycles. The number of ether oxygens (including phenoxy) is 2. The largest absolute Gasteiger partial charge is 0.456 e. The van der Waals surface area contributed by atoms with Gasteiger partial charge in [0.05, 0.1) is 23.7 Å². The molecule has 0 saturated heterocycles. The third kappa shape index (κ3) is 11.4. The number of allylic oxidation sites excluding steroid dienone is 2. The lowest BCUT2D eigenvalue weighted by molar-refractivity contribution is 0.134. The van der Waals surface area contributed by atoms with E-state index >= 15 is 0 Å². The highest BCUT2D eigenvalue weighted by molar-refractivity contribution is 7.86.